The van der Waals surface area contributed by atoms with Gasteiger partial charge < -0.3 is 10.0 Å². The van der Waals surface area contributed by atoms with Crippen LogP contribution in [0.15, 0.2) is 17.5 Å². The van der Waals surface area contributed by atoms with Gasteiger partial charge in [-0.25, -0.2) is 4.98 Å². The normalized spacial score (nSPS) is 25.9. The Hall–Kier alpha value is -1.73. The number of likely N-dealkylation sites (tertiary alicyclic amines) is 1. The highest BCUT2D eigenvalue weighted by Crippen LogP contribution is 2.49. The maximum Gasteiger partial charge on any atom is 0.311 e. The number of thiazole rings is 1. The van der Waals surface area contributed by atoms with E-state index in [-0.39, 0.29) is 11.8 Å². The van der Waals surface area contributed by atoms with E-state index in [1.54, 1.807) is 16.2 Å². The van der Waals surface area contributed by atoms with Crippen LogP contribution in [0.4, 0.5) is 0 Å². The molecule has 7 heteroatoms. The van der Waals surface area contributed by atoms with E-state index in [1.165, 1.54) is 11.3 Å². The average molecular weight is 362 g/mol. The van der Waals surface area contributed by atoms with Crippen molar-refractivity contribution in [1.29, 1.82) is 0 Å². The maximum atomic E-state index is 13.0. The SMILES string of the molecule is Cc1nc(-c2cccs2)sc1C(=O)N1C[C@@H]2CCC[C@@]2(C(=O)O)C1. The van der Waals surface area contributed by atoms with Gasteiger partial charge in [0.25, 0.3) is 5.91 Å². The van der Waals surface area contributed by atoms with E-state index in [4.69, 9.17) is 0 Å². The number of fused-ring (bicyclic) bond motifs is 1. The van der Waals surface area contributed by atoms with Crippen LogP contribution in [0.1, 0.15) is 34.6 Å². The second-order valence-corrected chi connectivity index (χ2v) is 8.59. The fraction of sp³-hybridized carbons (Fsp3) is 0.471. The Labute approximate surface area is 148 Å². The minimum absolute atomic E-state index is 0.0668. The molecule has 3 heterocycles. The molecule has 5 nitrogen and oxygen atoms in total. The van der Waals surface area contributed by atoms with E-state index in [9.17, 15) is 14.7 Å². The van der Waals surface area contributed by atoms with Crippen molar-refractivity contribution in [3.8, 4) is 9.88 Å². The van der Waals surface area contributed by atoms with E-state index in [0.717, 1.165) is 28.4 Å². The standard InChI is InChI=1S/C17H18N2O3S2/c1-10-13(24-14(18-10)12-5-3-7-23-12)15(20)19-8-11-4-2-6-17(11,9-19)16(21)22/h3,5,7,11H,2,4,6,8-9H2,1H3,(H,21,22)/t11-,17+/m0/s1. The number of hydrogen-bond donors (Lipinski definition) is 1. The number of hydrogen-bond acceptors (Lipinski definition) is 5. The summed E-state index contributed by atoms with van der Waals surface area (Å²) in [5.74, 6) is -0.729. The average Bonchev–Trinajstić information content (AvgIpc) is 3.29. The molecule has 2 aromatic rings. The Kier molecular flexibility index (Phi) is 3.73. The molecule has 0 aromatic carbocycles. The van der Waals surface area contributed by atoms with E-state index < -0.39 is 11.4 Å². The van der Waals surface area contributed by atoms with Crippen molar-refractivity contribution in [2.24, 2.45) is 11.3 Å². The summed E-state index contributed by atoms with van der Waals surface area (Å²) in [7, 11) is 0. The number of amides is 1. The van der Waals surface area contributed by atoms with Crippen LogP contribution in [-0.4, -0.2) is 40.0 Å². The second-order valence-electron chi connectivity index (χ2n) is 6.65. The van der Waals surface area contributed by atoms with E-state index in [0.29, 0.717) is 24.4 Å². The zero-order valence-corrected chi connectivity index (χ0v) is 15.0. The van der Waals surface area contributed by atoms with Gasteiger partial charge in [-0.2, -0.15) is 0 Å². The lowest BCUT2D eigenvalue weighted by molar-refractivity contribution is -0.149. The zero-order chi connectivity index (χ0) is 16.9. The summed E-state index contributed by atoms with van der Waals surface area (Å²) >= 11 is 3.01. The minimum atomic E-state index is -0.749. The van der Waals surface area contributed by atoms with Crippen molar-refractivity contribution < 1.29 is 14.7 Å². The quantitative estimate of drug-likeness (QED) is 0.907. The van der Waals surface area contributed by atoms with Crippen molar-refractivity contribution >= 4 is 34.6 Å². The minimum Gasteiger partial charge on any atom is -0.481 e. The molecule has 2 fully saturated rings. The topological polar surface area (TPSA) is 70.5 Å². The van der Waals surface area contributed by atoms with Crippen LogP contribution >= 0.6 is 22.7 Å². The Morgan fingerprint density at radius 3 is 2.96 bits per heavy atom. The summed E-state index contributed by atoms with van der Waals surface area (Å²) in [6.45, 7) is 2.74. The first-order valence-electron chi connectivity index (χ1n) is 8.05. The van der Waals surface area contributed by atoms with Crippen LogP contribution < -0.4 is 0 Å². The summed E-state index contributed by atoms with van der Waals surface area (Å²) in [5.41, 5.74) is 0.0000136. The van der Waals surface area contributed by atoms with E-state index >= 15 is 0 Å². The Morgan fingerprint density at radius 2 is 2.29 bits per heavy atom. The molecule has 1 aliphatic carbocycles. The molecule has 4 rings (SSSR count). The van der Waals surface area contributed by atoms with Crippen molar-refractivity contribution in [2.75, 3.05) is 13.1 Å². The first-order valence-corrected chi connectivity index (χ1v) is 9.75. The molecule has 1 saturated heterocycles. The highest BCUT2D eigenvalue weighted by atomic mass is 32.1. The first-order chi connectivity index (χ1) is 11.5. The van der Waals surface area contributed by atoms with Gasteiger partial charge in [-0.3, -0.25) is 9.59 Å². The van der Waals surface area contributed by atoms with Crippen molar-refractivity contribution in [3.05, 3.63) is 28.1 Å². The lowest BCUT2D eigenvalue weighted by Crippen LogP contribution is -2.37. The maximum absolute atomic E-state index is 13.0. The van der Waals surface area contributed by atoms with Gasteiger partial charge in [0.15, 0.2) is 0 Å². The fourth-order valence-corrected chi connectivity index (χ4v) is 5.87. The number of aliphatic carboxylic acids is 1. The lowest BCUT2D eigenvalue weighted by Gasteiger charge is -2.23. The van der Waals surface area contributed by atoms with Crippen LogP contribution in [0.2, 0.25) is 0 Å². The molecule has 1 saturated carbocycles. The predicted molar refractivity (Wildman–Crippen MR) is 93.5 cm³/mol. The number of carboxylic acids is 1. The number of carbonyl (C=O) groups is 2. The van der Waals surface area contributed by atoms with Crippen LogP contribution in [-0.2, 0) is 4.79 Å². The second kappa shape index (κ2) is 5.67. The molecule has 1 N–H and O–H groups in total. The summed E-state index contributed by atoms with van der Waals surface area (Å²) in [6.07, 6.45) is 2.53. The highest BCUT2D eigenvalue weighted by molar-refractivity contribution is 7.22. The molecule has 0 radical (unpaired) electrons. The van der Waals surface area contributed by atoms with Crippen molar-refractivity contribution in [3.63, 3.8) is 0 Å². The lowest BCUT2D eigenvalue weighted by atomic mass is 9.81. The Morgan fingerprint density at radius 1 is 1.46 bits per heavy atom. The highest BCUT2D eigenvalue weighted by Gasteiger charge is 2.56. The van der Waals surface area contributed by atoms with Gasteiger partial charge in [0.1, 0.15) is 9.88 Å². The van der Waals surface area contributed by atoms with E-state index in [2.05, 4.69) is 4.98 Å². The third kappa shape index (κ3) is 2.29. The molecule has 0 bridgehead atoms. The smallest absolute Gasteiger partial charge is 0.311 e. The molecular weight excluding hydrogens is 344 g/mol. The molecule has 0 spiro atoms. The predicted octanol–water partition coefficient (Wildman–Crippen LogP) is 3.51. The fourth-order valence-electron chi connectivity index (χ4n) is 4.04. The van der Waals surface area contributed by atoms with Crippen LogP contribution in [0.5, 0.6) is 0 Å². The third-order valence-electron chi connectivity index (χ3n) is 5.31. The summed E-state index contributed by atoms with van der Waals surface area (Å²) in [5, 5.41) is 12.5. The number of carboxylic acid groups (broad SMARTS) is 1. The third-order valence-corrected chi connectivity index (χ3v) is 7.49. The number of aromatic nitrogens is 1. The Balaban J connectivity index is 1.60. The van der Waals surface area contributed by atoms with E-state index in [1.807, 2.05) is 24.4 Å². The summed E-state index contributed by atoms with van der Waals surface area (Å²) in [4.78, 5) is 32.7. The van der Waals surface area contributed by atoms with Gasteiger partial charge >= 0.3 is 5.97 Å². The van der Waals surface area contributed by atoms with Crippen molar-refractivity contribution in [2.45, 2.75) is 26.2 Å². The number of rotatable bonds is 3. The van der Waals surface area contributed by atoms with Gasteiger partial charge in [0, 0.05) is 13.1 Å². The number of thiophene rings is 1. The number of carbonyl (C=O) groups excluding carboxylic acids is 1. The molecule has 1 aliphatic heterocycles. The molecule has 126 valence electrons. The first kappa shape index (κ1) is 15.8. The molecule has 2 aliphatic rings. The number of aryl methyl sites for hydroxylation is 1. The largest absolute Gasteiger partial charge is 0.481 e. The van der Waals surface area contributed by atoms with Gasteiger partial charge in [-0.1, -0.05) is 12.5 Å². The van der Waals surface area contributed by atoms with Gasteiger partial charge in [-0.15, -0.1) is 22.7 Å². The summed E-state index contributed by atoms with van der Waals surface area (Å²) in [6, 6.07) is 3.97. The molecule has 2 aromatic heterocycles. The monoisotopic (exact) mass is 362 g/mol. The van der Waals surface area contributed by atoms with Crippen LogP contribution in [0.25, 0.3) is 9.88 Å². The van der Waals surface area contributed by atoms with Crippen LogP contribution in [0.3, 0.4) is 0 Å². The van der Waals surface area contributed by atoms with Gasteiger partial charge in [-0.05, 0) is 37.1 Å². The van der Waals surface area contributed by atoms with Crippen molar-refractivity contribution in [1.82, 2.24) is 9.88 Å². The molecular formula is C17H18N2O3S2. The van der Waals surface area contributed by atoms with Gasteiger partial charge in [0.05, 0.1) is 16.0 Å². The number of nitrogens with zero attached hydrogens (tertiary/aromatic N) is 2. The molecule has 0 unspecified atom stereocenters. The van der Waals surface area contributed by atoms with Gasteiger partial charge in [0.2, 0.25) is 0 Å². The molecule has 24 heavy (non-hydrogen) atoms. The Bertz CT molecular complexity index is 799. The molecule has 2 atom stereocenters. The molecule has 1 amide bonds. The van der Waals surface area contributed by atoms with Crippen LogP contribution in [0, 0.1) is 18.3 Å². The zero-order valence-electron chi connectivity index (χ0n) is 13.3. The summed E-state index contributed by atoms with van der Waals surface area (Å²) < 4.78 is 0.